The topological polar surface area (TPSA) is 75.3 Å². The Hall–Kier alpha value is -1.60. The predicted molar refractivity (Wildman–Crippen MR) is 80.7 cm³/mol. The Kier molecular flexibility index (Phi) is 4.84. The highest BCUT2D eigenvalue weighted by Crippen LogP contribution is 2.14. The van der Waals surface area contributed by atoms with Gasteiger partial charge in [0, 0.05) is 15.6 Å². The average Bonchev–Trinajstić information content (AvgIpc) is 2.45. The van der Waals surface area contributed by atoms with Crippen LogP contribution < -0.4 is 10.3 Å². The molecule has 21 heavy (non-hydrogen) atoms. The molecule has 2 aromatic rings. The van der Waals surface area contributed by atoms with Crippen molar-refractivity contribution in [2.24, 2.45) is 0 Å². The number of hydrazine groups is 1. The molecule has 0 heterocycles. The first-order valence-electron chi connectivity index (χ1n) is 5.72. The van der Waals surface area contributed by atoms with Crippen LogP contribution in [0.1, 0.15) is 10.4 Å². The minimum atomic E-state index is -3.86. The highest BCUT2D eigenvalue weighted by atomic mass is 35.5. The molecule has 2 N–H and O–H groups in total. The van der Waals surface area contributed by atoms with Crippen LogP contribution in [0, 0.1) is 0 Å². The van der Waals surface area contributed by atoms with Gasteiger partial charge in [-0.25, -0.2) is 8.42 Å². The number of rotatable bonds is 4. The SMILES string of the molecule is O=C(NNS(=O)(=O)c1ccc(Cl)cc1)c1cccc(Cl)c1. The van der Waals surface area contributed by atoms with Gasteiger partial charge in [0.1, 0.15) is 0 Å². The zero-order valence-corrected chi connectivity index (χ0v) is 12.8. The van der Waals surface area contributed by atoms with Gasteiger partial charge in [-0.15, -0.1) is 4.83 Å². The lowest BCUT2D eigenvalue weighted by molar-refractivity contribution is 0.0945. The van der Waals surface area contributed by atoms with Crippen molar-refractivity contribution in [3.05, 3.63) is 64.1 Å². The second kappa shape index (κ2) is 6.44. The highest BCUT2D eigenvalue weighted by molar-refractivity contribution is 7.89. The lowest BCUT2D eigenvalue weighted by Gasteiger charge is -2.08. The van der Waals surface area contributed by atoms with Crippen LogP contribution in [0.4, 0.5) is 0 Å². The Morgan fingerprint density at radius 2 is 1.62 bits per heavy atom. The molecule has 0 saturated carbocycles. The van der Waals surface area contributed by atoms with Crippen LogP contribution in [0.3, 0.4) is 0 Å². The third-order valence-electron chi connectivity index (χ3n) is 2.51. The summed E-state index contributed by atoms with van der Waals surface area (Å²) in [5, 5.41) is 0.792. The van der Waals surface area contributed by atoms with Gasteiger partial charge in [0.25, 0.3) is 15.9 Å². The Bertz CT molecular complexity index is 761. The molecule has 1 amide bonds. The molecule has 0 bridgehead atoms. The fourth-order valence-electron chi connectivity index (χ4n) is 1.49. The van der Waals surface area contributed by atoms with Crippen molar-refractivity contribution in [2.45, 2.75) is 4.90 Å². The van der Waals surface area contributed by atoms with E-state index in [1.807, 2.05) is 4.83 Å². The summed E-state index contributed by atoms with van der Waals surface area (Å²) in [7, 11) is -3.86. The highest BCUT2D eigenvalue weighted by Gasteiger charge is 2.15. The van der Waals surface area contributed by atoms with Gasteiger partial charge in [-0.2, -0.15) is 0 Å². The molecule has 0 atom stereocenters. The van der Waals surface area contributed by atoms with Gasteiger partial charge < -0.3 is 0 Å². The molecule has 0 spiro atoms. The second-order valence-electron chi connectivity index (χ2n) is 4.02. The van der Waals surface area contributed by atoms with Gasteiger partial charge in [-0.3, -0.25) is 10.2 Å². The van der Waals surface area contributed by atoms with E-state index >= 15 is 0 Å². The number of carbonyl (C=O) groups is 1. The van der Waals surface area contributed by atoms with E-state index in [1.165, 1.54) is 36.4 Å². The maximum absolute atomic E-state index is 12.0. The quantitative estimate of drug-likeness (QED) is 0.837. The fourth-order valence-corrected chi connectivity index (χ4v) is 2.64. The molecule has 2 rings (SSSR count). The van der Waals surface area contributed by atoms with Crippen LogP contribution in [-0.2, 0) is 10.0 Å². The largest absolute Gasteiger partial charge is 0.273 e. The summed E-state index contributed by atoms with van der Waals surface area (Å²) in [6.45, 7) is 0. The zero-order valence-electron chi connectivity index (χ0n) is 10.5. The lowest BCUT2D eigenvalue weighted by Crippen LogP contribution is -2.41. The number of carbonyl (C=O) groups excluding carboxylic acids is 1. The summed E-state index contributed by atoms with van der Waals surface area (Å²) in [5.74, 6) is -0.616. The number of sulfonamides is 1. The van der Waals surface area contributed by atoms with Gasteiger partial charge in [-0.1, -0.05) is 29.3 Å². The lowest BCUT2D eigenvalue weighted by atomic mass is 10.2. The van der Waals surface area contributed by atoms with E-state index in [0.29, 0.717) is 10.0 Å². The minimum absolute atomic E-state index is 0.0155. The van der Waals surface area contributed by atoms with Crippen molar-refractivity contribution in [2.75, 3.05) is 0 Å². The zero-order chi connectivity index (χ0) is 15.5. The standard InChI is InChI=1S/C13H10Cl2N2O3S/c14-10-4-6-12(7-5-10)21(19,20)17-16-13(18)9-2-1-3-11(15)8-9/h1-8,17H,(H,16,18). The van der Waals surface area contributed by atoms with E-state index in [-0.39, 0.29) is 10.5 Å². The Labute approximate surface area is 131 Å². The summed E-state index contributed by atoms with van der Waals surface area (Å²) >= 11 is 11.4. The van der Waals surface area contributed by atoms with Crippen molar-refractivity contribution >= 4 is 39.1 Å². The van der Waals surface area contributed by atoms with Crippen LogP contribution in [0.5, 0.6) is 0 Å². The molecule has 0 saturated heterocycles. The molecule has 0 radical (unpaired) electrons. The van der Waals surface area contributed by atoms with E-state index in [1.54, 1.807) is 12.1 Å². The first-order valence-corrected chi connectivity index (χ1v) is 7.96. The Morgan fingerprint density at radius 1 is 0.952 bits per heavy atom. The summed E-state index contributed by atoms with van der Waals surface area (Å²) < 4.78 is 23.9. The van der Waals surface area contributed by atoms with Crippen LogP contribution in [0.15, 0.2) is 53.4 Å². The molecule has 0 aliphatic heterocycles. The van der Waals surface area contributed by atoms with Gasteiger partial charge in [0.15, 0.2) is 0 Å². The third-order valence-corrected chi connectivity index (χ3v) is 4.26. The molecule has 2 aromatic carbocycles. The maximum atomic E-state index is 12.0. The van der Waals surface area contributed by atoms with E-state index in [9.17, 15) is 13.2 Å². The van der Waals surface area contributed by atoms with Crippen LogP contribution in [0.25, 0.3) is 0 Å². The molecule has 5 nitrogen and oxygen atoms in total. The molecule has 0 aromatic heterocycles. The Morgan fingerprint density at radius 3 is 2.24 bits per heavy atom. The van der Waals surface area contributed by atoms with Crippen LogP contribution in [0.2, 0.25) is 10.0 Å². The monoisotopic (exact) mass is 344 g/mol. The predicted octanol–water partition coefficient (Wildman–Crippen LogP) is 2.62. The normalized spacial score (nSPS) is 11.1. The smallest absolute Gasteiger partial charge is 0.266 e. The molecule has 110 valence electrons. The maximum Gasteiger partial charge on any atom is 0.266 e. The average molecular weight is 345 g/mol. The number of amides is 1. The summed E-state index contributed by atoms with van der Waals surface area (Å²) in [6.07, 6.45) is 0. The van der Waals surface area contributed by atoms with Crippen molar-refractivity contribution in [3.63, 3.8) is 0 Å². The van der Waals surface area contributed by atoms with Crippen molar-refractivity contribution in [1.29, 1.82) is 0 Å². The third kappa shape index (κ3) is 4.18. The first kappa shape index (κ1) is 15.8. The molecule has 8 heteroatoms. The van der Waals surface area contributed by atoms with Gasteiger partial charge >= 0.3 is 0 Å². The molecular formula is C13H10Cl2N2O3S. The molecule has 0 fully saturated rings. The molecule has 0 unspecified atom stereocenters. The van der Waals surface area contributed by atoms with Crippen molar-refractivity contribution in [1.82, 2.24) is 10.3 Å². The first-order chi connectivity index (χ1) is 9.88. The Balaban J connectivity index is 2.08. The summed E-state index contributed by atoms with van der Waals surface area (Å²) in [6, 6.07) is 11.7. The van der Waals surface area contributed by atoms with E-state index < -0.39 is 15.9 Å². The van der Waals surface area contributed by atoms with E-state index in [0.717, 1.165) is 0 Å². The van der Waals surface area contributed by atoms with Crippen LogP contribution in [-0.4, -0.2) is 14.3 Å². The number of halogens is 2. The second-order valence-corrected chi connectivity index (χ2v) is 6.58. The molecule has 0 aliphatic carbocycles. The number of hydrogen-bond acceptors (Lipinski definition) is 3. The number of hydrogen-bond donors (Lipinski definition) is 2. The number of nitrogens with one attached hydrogen (secondary N) is 2. The van der Waals surface area contributed by atoms with Gasteiger partial charge in [0.2, 0.25) is 0 Å². The van der Waals surface area contributed by atoms with Crippen LogP contribution >= 0.6 is 23.2 Å². The number of benzene rings is 2. The molecule has 0 aliphatic rings. The summed E-state index contributed by atoms with van der Waals surface area (Å²) in [4.78, 5) is 13.8. The van der Waals surface area contributed by atoms with Crippen molar-refractivity contribution in [3.8, 4) is 0 Å². The molecular weight excluding hydrogens is 335 g/mol. The van der Waals surface area contributed by atoms with Gasteiger partial charge in [-0.05, 0) is 42.5 Å². The van der Waals surface area contributed by atoms with Crippen molar-refractivity contribution < 1.29 is 13.2 Å². The van der Waals surface area contributed by atoms with E-state index in [2.05, 4.69) is 5.43 Å². The minimum Gasteiger partial charge on any atom is -0.273 e. The van der Waals surface area contributed by atoms with Gasteiger partial charge in [0.05, 0.1) is 4.90 Å². The van der Waals surface area contributed by atoms with E-state index in [4.69, 9.17) is 23.2 Å². The summed E-state index contributed by atoms with van der Waals surface area (Å²) in [5.41, 5.74) is 2.35. The fraction of sp³-hybridized carbons (Fsp3) is 0.